The molecule has 94 valence electrons. The lowest BCUT2D eigenvalue weighted by molar-refractivity contribution is 0.584. The fourth-order valence-corrected chi connectivity index (χ4v) is 2.25. The Bertz CT molecular complexity index is 709. The highest BCUT2D eigenvalue weighted by Gasteiger charge is 2.12. The number of hydrogen-bond donors (Lipinski definition) is 0. The van der Waals surface area contributed by atoms with Crippen molar-refractivity contribution in [3.8, 4) is 22.9 Å². The zero-order chi connectivity index (χ0) is 13.2. The Morgan fingerprint density at radius 3 is 2.32 bits per heavy atom. The molecule has 0 amide bonds. The van der Waals surface area contributed by atoms with Crippen LogP contribution in [0.3, 0.4) is 0 Å². The van der Waals surface area contributed by atoms with E-state index in [0.29, 0.717) is 16.8 Å². The zero-order valence-electron chi connectivity index (χ0n) is 9.68. The van der Waals surface area contributed by atoms with Crippen LogP contribution in [0, 0.1) is 3.57 Å². The molecule has 0 aliphatic heterocycles. The van der Waals surface area contributed by atoms with Crippen LogP contribution in [0.4, 0.5) is 0 Å². The molecular weight excluding hydrogens is 375 g/mol. The minimum Gasteiger partial charge on any atom is -0.416 e. The Balaban J connectivity index is 2.00. The van der Waals surface area contributed by atoms with Gasteiger partial charge >= 0.3 is 0 Å². The number of halogens is 2. The first-order valence-electron chi connectivity index (χ1n) is 5.58. The molecule has 3 nitrogen and oxygen atoms in total. The average Bonchev–Trinajstić information content (AvgIpc) is 2.89. The van der Waals surface area contributed by atoms with E-state index in [1.165, 1.54) is 0 Å². The number of benzene rings is 2. The van der Waals surface area contributed by atoms with Crippen LogP contribution in [0.1, 0.15) is 0 Å². The molecule has 0 fully saturated rings. The lowest BCUT2D eigenvalue weighted by atomic mass is 10.2. The van der Waals surface area contributed by atoms with Crippen molar-refractivity contribution >= 4 is 34.2 Å². The first-order chi connectivity index (χ1) is 9.24. The summed E-state index contributed by atoms with van der Waals surface area (Å²) in [6.45, 7) is 0. The van der Waals surface area contributed by atoms with Crippen LogP contribution in [-0.2, 0) is 0 Å². The molecule has 3 rings (SSSR count). The fourth-order valence-electron chi connectivity index (χ4n) is 1.68. The van der Waals surface area contributed by atoms with Crippen LogP contribution in [0.15, 0.2) is 52.9 Å². The monoisotopic (exact) mass is 382 g/mol. The molecule has 0 bridgehead atoms. The van der Waals surface area contributed by atoms with Crippen LogP contribution in [0.25, 0.3) is 22.9 Å². The van der Waals surface area contributed by atoms with Crippen molar-refractivity contribution in [2.75, 3.05) is 0 Å². The maximum Gasteiger partial charge on any atom is 0.249 e. The normalized spacial score (nSPS) is 10.6. The topological polar surface area (TPSA) is 38.9 Å². The SMILES string of the molecule is Clc1ccccc1-c1nnc(-c2ccc(I)cc2)o1. The summed E-state index contributed by atoms with van der Waals surface area (Å²) >= 11 is 8.36. The first-order valence-corrected chi connectivity index (χ1v) is 7.04. The number of nitrogens with zero attached hydrogens (tertiary/aromatic N) is 2. The van der Waals surface area contributed by atoms with Crippen LogP contribution < -0.4 is 0 Å². The third-order valence-corrected chi connectivity index (χ3v) is 3.67. The van der Waals surface area contributed by atoms with E-state index in [9.17, 15) is 0 Å². The number of hydrogen-bond acceptors (Lipinski definition) is 3. The Morgan fingerprint density at radius 2 is 1.58 bits per heavy atom. The molecule has 0 N–H and O–H groups in total. The van der Waals surface area contributed by atoms with E-state index in [0.717, 1.165) is 14.7 Å². The van der Waals surface area contributed by atoms with Gasteiger partial charge in [0.25, 0.3) is 0 Å². The smallest absolute Gasteiger partial charge is 0.249 e. The molecule has 0 saturated carbocycles. The second-order valence-corrected chi connectivity index (χ2v) is 5.55. The molecule has 2 aromatic carbocycles. The van der Waals surface area contributed by atoms with Gasteiger partial charge in [0.2, 0.25) is 11.8 Å². The summed E-state index contributed by atoms with van der Waals surface area (Å²) in [5, 5.41) is 8.70. The van der Waals surface area contributed by atoms with Gasteiger partial charge in [0.1, 0.15) is 0 Å². The molecule has 19 heavy (non-hydrogen) atoms. The van der Waals surface area contributed by atoms with Gasteiger partial charge in [0.15, 0.2) is 0 Å². The number of aromatic nitrogens is 2. The highest BCUT2D eigenvalue weighted by atomic mass is 127. The quantitative estimate of drug-likeness (QED) is 0.605. The van der Waals surface area contributed by atoms with Crippen LogP contribution in [0.2, 0.25) is 5.02 Å². The zero-order valence-corrected chi connectivity index (χ0v) is 12.6. The van der Waals surface area contributed by atoms with Gasteiger partial charge in [-0.15, -0.1) is 10.2 Å². The van der Waals surface area contributed by atoms with E-state index in [4.69, 9.17) is 16.0 Å². The van der Waals surface area contributed by atoms with Crippen molar-refractivity contribution in [1.82, 2.24) is 10.2 Å². The molecule has 5 heteroatoms. The summed E-state index contributed by atoms with van der Waals surface area (Å²) in [5.74, 6) is 0.922. The van der Waals surface area contributed by atoms with Gasteiger partial charge < -0.3 is 4.42 Å². The molecule has 0 unspecified atom stereocenters. The van der Waals surface area contributed by atoms with Gasteiger partial charge in [0, 0.05) is 9.13 Å². The minimum atomic E-state index is 0.430. The second kappa shape index (κ2) is 5.30. The molecule has 0 atom stereocenters. The Labute approximate surface area is 128 Å². The maximum atomic E-state index is 6.11. The van der Waals surface area contributed by atoms with E-state index in [-0.39, 0.29) is 0 Å². The average molecular weight is 383 g/mol. The summed E-state index contributed by atoms with van der Waals surface area (Å²) in [6.07, 6.45) is 0. The van der Waals surface area contributed by atoms with E-state index in [1.807, 2.05) is 42.5 Å². The first kappa shape index (κ1) is 12.6. The summed E-state index contributed by atoms with van der Waals surface area (Å²) in [7, 11) is 0. The molecule has 0 spiro atoms. The number of rotatable bonds is 2. The standard InChI is InChI=1S/C14H8ClIN2O/c15-12-4-2-1-3-11(12)14-18-17-13(19-14)9-5-7-10(16)8-6-9/h1-8H. The van der Waals surface area contributed by atoms with Crippen molar-refractivity contribution in [2.45, 2.75) is 0 Å². The molecule has 1 heterocycles. The third kappa shape index (κ3) is 2.64. The van der Waals surface area contributed by atoms with Gasteiger partial charge in [0.05, 0.1) is 10.6 Å². The molecule has 0 saturated heterocycles. The van der Waals surface area contributed by atoms with Gasteiger partial charge in [-0.2, -0.15) is 0 Å². The van der Waals surface area contributed by atoms with Crippen LogP contribution in [0.5, 0.6) is 0 Å². The second-order valence-electron chi connectivity index (χ2n) is 3.90. The minimum absolute atomic E-state index is 0.430. The van der Waals surface area contributed by atoms with Crippen LogP contribution >= 0.6 is 34.2 Å². The Hall–Kier alpha value is -1.40. The van der Waals surface area contributed by atoms with Crippen molar-refractivity contribution in [3.63, 3.8) is 0 Å². The predicted molar refractivity (Wildman–Crippen MR) is 82.9 cm³/mol. The molecule has 0 aliphatic rings. The highest BCUT2D eigenvalue weighted by molar-refractivity contribution is 14.1. The Morgan fingerprint density at radius 1 is 0.895 bits per heavy atom. The van der Waals surface area contributed by atoms with Gasteiger partial charge in [-0.05, 0) is 59.0 Å². The molecule has 3 aromatic rings. The lowest BCUT2D eigenvalue weighted by Gasteiger charge is -1.97. The van der Waals surface area contributed by atoms with Gasteiger partial charge in [-0.3, -0.25) is 0 Å². The fraction of sp³-hybridized carbons (Fsp3) is 0. The molecular formula is C14H8ClIN2O. The summed E-state index contributed by atoms with van der Waals surface area (Å²) < 4.78 is 6.83. The predicted octanol–water partition coefficient (Wildman–Crippen LogP) is 4.66. The lowest BCUT2D eigenvalue weighted by Crippen LogP contribution is -1.78. The summed E-state index contributed by atoms with van der Waals surface area (Å²) in [4.78, 5) is 0. The highest BCUT2D eigenvalue weighted by Crippen LogP contribution is 2.29. The van der Waals surface area contributed by atoms with Gasteiger partial charge in [-0.1, -0.05) is 23.7 Å². The summed E-state index contributed by atoms with van der Waals surface area (Å²) in [6, 6.07) is 15.3. The molecule has 0 radical (unpaired) electrons. The molecule has 1 aromatic heterocycles. The van der Waals surface area contributed by atoms with E-state index < -0.39 is 0 Å². The Kier molecular flexibility index (Phi) is 3.52. The van der Waals surface area contributed by atoms with Crippen molar-refractivity contribution in [1.29, 1.82) is 0 Å². The van der Waals surface area contributed by atoms with Crippen molar-refractivity contribution in [2.24, 2.45) is 0 Å². The van der Waals surface area contributed by atoms with E-state index in [1.54, 1.807) is 6.07 Å². The third-order valence-electron chi connectivity index (χ3n) is 2.62. The van der Waals surface area contributed by atoms with Gasteiger partial charge in [-0.25, -0.2) is 0 Å². The van der Waals surface area contributed by atoms with E-state index >= 15 is 0 Å². The largest absolute Gasteiger partial charge is 0.416 e. The van der Waals surface area contributed by atoms with Crippen LogP contribution in [-0.4, -0.2) is 10.2 Å². The summed E-state index contributed by atoms with van der Waals surface area (Å²) in [5.41, 5.74) is 1.64. The van der Waals surface area contributed by atoms with E-state index in [2.05, 4.69) is 32.8 Å². The maximum absolute atomic E-state index is 6.11. The van der Waals surface area contributed by atoms with Crippen molar-refractivity contribution in [3.05, 3.63) is 57.1 Å². The molecule has 0 aliphatic carbocycles. The van der Waals surface area contributed by atoms with Crippen molar-refractivity contribution < 1.29 is 4.42 Å².